The Bertz CT molecular complexity index is 444. The number of nitrogens with zero attached hydrogens (tertiary/aromatic N) is 1. The fourth-order valence-electron chi connectivity index (χ4n) is 2.28. The Morgan fingerprint density at radius 1 is 1.40 bits per heavy atom. The zero-order valence-corrected chi connectivity index (χ0v) is 12.2. The van der Waals surface area contributed by atoms with Crippen molar-refractivity contribution >= 4 is 11.6 Å². The molecule has 0 unspecified atom stereocenters. The summed E-state index contributed by atoms with van der Waals surface area (Å²) in [6, 6.07) is 8.19. The average Bonchev–Trinajstić information content (AvgIpc) is 3.27. The molecule has 0 radical (unpaired) electrons. The molecule has 110 valence electrons. The van der Waals surface area contributed by atoms with Gasteiger partial charge in [0.2, 0.25) is 5.91 Å². The highest BCUT2D eigenvalue weighted by Gasteiger charge is 2.32. The summed E-state index contributed by atoms with van der Waals surface area (Å²) in [6.45, 7) is 3.97. The molecule has 0 atom stereocenters. The Labute approximate surface area is 120 Å². The summed E-state index contributed by atoms with van der Waals surface area (Å²) in [5, 5.41) is 0. The predicted octanol–water partition coefficient (Wildman–Crippen LogP) is 2.58. The van der Waals surface area contributed by atoms with Crippen molar-refractivity contribution in [2.75, 3.05) is 18.9 Å². The highest BCUT2D eigenvalue weighted by Crippen LogP contribution is 2.30. The number of hydrogen-bond acceptors (Lipinski definition) is 3. The second kappa shape index (κ2) is 7.29. The number of carbonyl (C=O) groups is 1. The first-order valence-corrected chi connectivity index (χ1v) is 7.43. The molecule has 2 N–H and O–H groups in total. The maximum absolute atomic E-state index is 12.3. The Kier molecular flexibility index (Phi) is 5.41. The minimum atomic E-state index is 0.218. The van der Waals surface area contributed by atoms with E-state index in [1.165, 1.54) is 0 Å². The normalized spacial score (nSPS) is 14.2. The molecule has 1 aliphatic carbocycles. The molecule has 20 heavy (non-hydrogen) atoms. The van der Waals surface area contributed by atoms with E-state index >= 15 is 0 Å². The zero-order valence-electron chi connectivity index (χ0n) is 12.2. The highest BCUT2D eigenvalue weighted by molar-refractivity contribution is 5.77. The molecule has 4 heteroatoms. The average molecular weight is 276 g/mol. The summed E-state index contributed by atoms with van der Waals surface area (Å²) >= 11 is 0. The van der Waals surface area contributed by atoms with Gasteiger partial charge in [0.1, 0.15) is 0 Å². The molecule has 4 nitrogen and oxygen atoms in total. The predicted molar refractivity (Wildman–Crippen MR) is 80.2 cm³/mol. The van der Waals surface area contributed by atoms with Crippen LogP contribution < -0.4 is 5.73 Å². The fourth-order valence-corrected chi connectivity index (χ4v) is 2.28. The smallest absolute Gasteiger partial charge is 0.223 e. The molecule has 1 fully saturated rings. The second-order valence-electron chi connectivity index (χ2n) is 5.25. The van der Waals surface area contributed by atoms with Gasteiger partial charge in [-0.05, 0) is 37.8 Å². The van der Waals surface area contributed by atoms with Crippen LogP contribution in [-0.4, -0.2) is 30.1 Å². The van der Waals surface area contributed by atoms with E-state index in [2.05, 4.69) is 0 Å². The van der Waals surface area contributed by atoms with Crippen LogP contribution in [0.1, 0.15) is 38.2 Å². The summed E-state index contributed by atoms with van der Waals surface area (Å²) in [5.74, 6) is 0.218. The summed E-state index contributed by atoms with van der Waals surface area (Å²) in [4.78, 5) is 14.3. The van der Waals surface area contributed by atoms with E-state index in [0.29, 0.717) is 32.2 Å². The molecule has 1 amide bonds. The number of hydrogen-bond donors (Lipinski definition) is 1. The zero-order chi connectivity index (χ0) is 14.4. The van der Waals surface area contributed by atoms with Crippen LogP contribution in [0.2, 0.25) is 0 Å². The lowest BCUT2D eigenvalue weighted by atomic mass is 10.1. The third-order valence-corrected chi connectivity index (χ3v) is 3.59. The van der Waals surface area contributed by atoms with Crippen molar-refractivity contribution in [2.24, 2.45) is 0 Å². The van der Waals surface area contributed by atoms with E-state index in [9.17, 15) is 4.79 Å². The van der Waals surface area contributed by atoms with Crippen molar-refractivity contribution in [1.29, 1.82) is 0 Å². The highest BCUT2D eigenvalue weighted by atomic mass is 16.5. The van der Waals surface area contributed by atoms with Crippen LogP contribution in [0, 0.1) is 0 Å². The number of anilines is 1. The van der Waals surface area contributed by atoms with Crippen molar-refractivity contribution in [2.45, 2.75) is 45.2 Å². The van der Waals surface area contributed by atoms with E-state index in [-0.39, 0.29) is 5.91 Å². The van der Waals surface area contributed by atoms with Gasteiger partial charge >= 0.3 is 0 Å². The van der Waals surface area contributed by atoms with Crippen molar-refractivity contribution in [3.05, 3.63) is 29.8 Å². The van der Waals surface area contributed by atoms with Gasteiger partial charge in [-0.15, -0.1) is 0 Å². The Morgan fingerprint density at radius 2 is 2.15 bits per heavy atom. The van der Waals surface area contributed by atoms with Gasteiger partial charge in [0.05, 0.1) is 0 Å². The van der Waals surface area contributed by atoms with Crippen LogP contribution in [0.3, 0.4) is 0 Å². The van der Waals surface area contributed by atoms with Crippen molar-refractivity contribution in [3.63, 3.8) is 0 Å². The SMILES string of the molecule is CCOCCCC(=O)N(Cc1ccccc1N)C1CC1. The molecule has 0 aromatic heterocycles. The summed E-state index contributed by atoms with van der Waals surface area (Å²) in [6.07, 6.45) is 3.58. The van der Waals surface area contributed by atoms with Gasteiger partial charge in [-0.3, -0.25) is 4.79 Å². The molecule has 0 spiro atoms. The van der Waals surface area contributed by atoms with Gasteiger partial charge in [-0.1, -0.05) is 18.2 Å². The van der Waals surface area contributed by atoms with E-state index < -0.39 is 0 Å². The van der Waals surface area contributed by atoms with Crippen LogP contribution in [0.25, 0.3) is 0 Å². The van der Waals surface area contributed by atoms with E-state index in [1.54, 1.807) is 0 Å². The molecule has 1 saturated carbocycles. The summed E-state index contributed by atoms with van der Waals surface area (Å²) in [7, 11) is 0. The number of nitrogens with two attached hydrogens (primary N) is 1. The molecule has 0 bridgehead atoms. The summed E-state index contributed by atoms with van der Waals surface area (Å²) in [5.41, 5.74) is 7.77. The molecule has 0 heterocycles. The number of rotatable bonds is 8. The summed E-state index contributed by atoms with van der Waals surface area (Å²) < 4.78 is 5.29. The van der Waals surface area contributed by atoms with E-state index in [4.69, 9.17) is 10.5 Å². The van der Waals surface area contributed by atoms with Crippen molar-refractivity contribution in [1.82, 2.24) is 4.90 Å². The van der Waals surface area contributed by atoms with Gasteiger partial charge in [0.25, 0.3) is 0 Å². The Balaban J connectivity index is 1.90. The lowest BCUT2D eigenvalue weighted by molar-refractivity contribution is -0.132. The van der Waals surface area contributed by atoms with Crippen LogP contribution in [0.4, 0.5) is 5.69 Å². The molecule has 1 aromatic rings. The van der Waals surface area contributed by atoms with Crippen molar-refractivity contribution < 1.29 is 9.53 Å². The van der Waals surface area contributed by atoms with Gasteiger partial charge in [0, 0.05) is 37.9 Å². The molecule has 1 aliphatic rings. The van der Waals surface area contributed by atoms with Crippen LogP contribution in [0.15, 0.2) is 24.3 Å². The number of para-hydroxylation sites is 1. The first-order valence-electron chi connectivity index (χ1n) is 7.43. The first-order chi connectivity index (χ1) is 9.72. The van der Waals surface area contributed by atoms with E-state index in [1.807, 2.05) is 36.1 Å². The topological polar surface area (TPSA) is 55.6 Å². The largest absolute Gasteiger partial charge is 0.398 e. The number of amides is 1. The maximum atomic E-state index is 12.3. The maximum Gasteiger partial charge on any atom is 0.223 e. The number of carbonyl (C=O) groups excluding carboxylic acids is 1. The van der Waals surface area contributed by atoms with Crippen LogP contribution >= 0.6 is 0 Å². The molecule has 1 aromatic carbocycles. The van der Waals surface area contributed by atoms with Gasteiger partial charge in [0.15, 0.2) is 0 Å². The minimum Gasteiger partial charge on any atom is -0.398 e. The van der Waals surface area contributed by atoms with Crippen molar-refractivity contribution in [3.8, 4) is 0 Å². The Hall–Kier alpha value is -1.55. The molecule has 2 rings (SSSR count). The molecule has 0 saturated heterocycles. The van der Waals surface area contributed by atoms with Gasteiger partial charge in [-0.25, -0.2) is 0 Å². The third-order valence-electron chi connectivity index (χ3n) is 3.59. The van der Waals surface area contributed by atoms with Crippen LogP contribution in [-0.2, 0) is 16.1 Å². The number of ether oxygens (including phenoxy) is 1. The van der Waals surface area contributed by atoms with Gasteiger partial charge < -0.3 is 15.4 Å². The molecular formula is C16H24N2O2. The molecular weight excluding hydrogens is 252 g/mol. The third kappa shape index (κ3) is 4.23. The quantitative estimate of drug-likeness (QED) is 0.586. The number of benzene rings is 1. The van der Waals surface area contributed by atoms with Crippen LogP contribution in [0.5, 0.6) is 0 Å². The monoisotopic (exact) mass is 276 g/mol. The minimum absolute atomic E-state index is 0.218. The number of nitrogen functional groups attached to an aromatic ring is 1. The van der Waals surface area contributed by atoms with Gasteiger partial charge in [-0.2, -0.15) is 0 Å². The lowest BCUT2D eigenvalue weighted by Crippen LogP contribution is -2.32. The second-order valence-corrected chi connectivity index (χ2v) is 5.25. The first kappa shape index (κ1) is 14.9. The Morgan fingerprint density at radius 3 is 2.80 bits per heavy atom. The van der Waals surface area contributed by atoms with E-state index in [0.717, 1.165) is 30.5 Å². The lowest BCUT2D eigenvalue weighted by Gasteiger charge is -2.23. The molecule has 0 aliphatic heterocycles. The fraction of sp³-hybridized carbons (Fsp3) is 0.562. The standard InChI is InChI=1S/C16H24N2O2/c1-2-20-11-5-8-16(19)18(14-9-10-14)12-13-6-3-4-7-15(13)17/h3-4,6-7,14H,2,5,8-12,17H2,1H3.